The highest BCUT2D eigenvalue weighted by Crippen LogP contribution is 2.31. The zero-order chi connectivity index (χ0) is 12.3. The molecule has 0 saturated heterocycles. The van der Waals surface area contributed by atoms with Crippen molar-refractivity contribution in [2.24, 2.45) is 5.73 Å². The third kappa shape index (κ3) is 4.62. The van der Waals surface area contributed by atoms with Crippen LogP contribution < -0.4 is 10.5 Å². The van der Waals surface area contributed by atoms with Gasteiger partial charge in [-0.25, -0.2) is 0 Å². The van der Waals surface area contributed by atoms with Crippen LogP contribution in [-0.2, 0) is 4.79 Å². The minimum Gasteiger partial charge on any atom is -0.427 e. The first-order valence-electron chi connectivity index (χ1n) is 4.41. The summed E-state index contributed by atoms with van der Waals surface area (Å²) in [4.78, 5) is 10.6. The fraction of sp³-hybridized carbons (Fsp3) is 0.300. The fourth-order valence-electron chi connectivity index (χ4n) is 1.10. The van der Waals surface area contributed by atoms with Crippen molar-refractivity contribution in [1.29, 1.82) is 0 Å². The van der Waals surface area contributed by atoms with Crippen molar-refractivity contribution in [1.82, 2.24) is 0 Å². The van der Waals surface area contributed by atoms with E-state index in [1.165, 1.54) is 31.2 Å². The lowest BCUT2D eigenvalue weighted by atomic mass is 10.1. The van der Waals surface area contributed by atoms with Gasteiger partial charge in [-0.3, -0.25) is 4.79 Å². The molecule has 1 atom stereocenters. The Morgan fingerprint density at radius 3 is 2.12 bits per heavy atom. The molecule has 0 amide bonds. The summed E-state index contributed by atoms with van der Waals surface area (Å²) in [5.74, 6) is -0.349. The molecule has 1 aromatic carbocycles. The Hall–Kier alpha value is -1.27. The number of nitrogens with two attached hydrogens (primary N) is 1. The number of alkyl halides is 3. The van der Waals surface area contributed by atoms with E-state index < -0.39 is 18.2 Å². The molecule has 17 heavy (non-hydrogen) atoms. The Bertz CT molecular complexity index is 378. The van der Waals surface area contributed by atoms with Crippen LogP contribution in [-0.4, -0.2) is 12.1 Å². The first-order chi connectivity index (χ1) is 7.30. The molecule has 1 rings (SSSR count). The van der Waals surface area contributed by atoms with Gasteiger partial charge in [-0.05, 0) is 17.7 Å². The summed E-state index contributed by atoms with van der Waals surface area (Å²) >= 11 is 0. The maximum atomic E-state index is 12.2. The minimum absolute atomic E-state index is 0. The van der Waals surface area contributed by atoms with Crippen LogP contribution in [0.3, 0.4) is 0 Å². The van der Waals surface area contributed by atoms with E-state index in [4.69, 9.17) is 5.73 Å². The van der Waals surface area contributed by atoms with Crippen LogP contribution in [0.2, 0.25) is 0 Å². The van der Waals surface area contributed by atoms with Gasteiger partial charge in [0.1, 0.15) is 11.8 Å². The highest BCUT2D eigenvalue weighted by atomic mass is 35.5. The number of hydrogen-bond acceptors (Lipinski definition) is 3. The number of halogens is 4. The monoisotopic (exact) mass is 269 g/mol. The molecule has 0 radical (unpaired) electrons. The molecule has 0 aliphatic heterocycles. The topological polar surface area (TPSA) is 52.3 Å². The van der Waals surface area contributed by atoms with Gasteiger partial charge in [0.15, 0.2) is 0 Å². The summed E-state index contributed by atoms with van der Waals surface area (Å²) in [6.45, 7) is 1.20. The SMILES string of the molecule is CC(=O)Oc1ccc([C@H](N)C(F)(F)F)cc1.Cl. The summed E-state index contributed by atoms with van der Waals surface area (Å²) in [5.41, 5.74) is 4.91. The van der Waals surface area contributed by atoms with E-state index in [-0.39, 0.29) is 23.7 Å². The number of hydrogen-bond donors (Lipinski definition) is 1. The Labute approximate surface area is 102 Å². The number of benzene rings is 1. The van der Waals surface area contributed by atoms with Crippen LogP contribution in [0.4, 0.5) is 13.2 Å². The molecule has 2 N–H and O–H groups in total. The van der Waals surface area contributed by atoms with E-state index in [9.17, 15) is 18.0 Å². The Balaban J connectivity index is 0.00000256. The lowest BCUT2D eigenvalue weighted by molar-refractivity contribution is -0.149. The molecule has 7 heteroatoms. The van der Waals surface area contributed by atoms with Gasteiger partial charge in [0, 0.05) is 6.92 Å². The van der Waals surface area contributed by atoms with Gasteiger partial charge in [0.05, 0.1) is 0 Å². The molecule has 0 spiro atoms. The maximum absolute atomic E-state index is 12.2. The molecule has 0 fully saturated rings. The summed E-state index contributed by atoms with van der Waals surface area (Å²) in [5, 5.41) is 0. The van der Waals surface area contributed by atoms with E-state index in [1.807, 2.05) is 0 Å². The molecular weight excluding hydrogens is 259 g/mol. The molecule has 0 unspecified atom stereocenters. The van der Waals surface area contributed by atoms with Gasteiger partial charge in [-0.15, -0.1) is 12.4 Å². The number of ether oxygens (including phenoxy) is 1. The summed E-state index contributed by atoms with van der Waals surface area (Å²) in [7, 11) is 0. The summed E-state index contributed by atoms with van der Waals surface area (Å²) in [6, 6.07) is 2.86. The second kappa shape index (κ2) is 5.88. The van der Waals surface area contributed by atoms with Crippen LogP contribution in [0.15, 0.2) is 24.3 Å². The average molecular weight is 270 g/mol. The Kier molecular flexibility index (Phi) is 5.44. The van der Waals surface area contributed by atoms with Gasteiger partial charge in [-0.1, -0.05) is 12.1 Å². The normalized spacial score (nSPS) is 12.5. The van der Waals surface area contributed by atoms with Gasteiger partial charge in [0.2, 0.25) is 0 Å². The third-order valence-corrected chi connectivity index (χ3v) is 1.85. The van der Waals surface area contributed by atoms with Crippen LogP contribution >= 0.6 is 12.4 Å². The van der Waals surface area contributed by atoms with Crippen molar-refractivity contribution in [2.45, 2.75) is 19.1 Å². The zero-order valence-electron chi connectivity index (χ0n) is 8.82. The molecule has 0 aromatic heterocycles. The lowest BCUT2D eigenvalue weighted by Gasteiger charge is -2.15. The van der Waals surface area contributed by atoms with Crippen molar-refractivity contribution in [2.75, 3.05) is 0 Å². The van der Waals surface area contributed by atoms with Gasteiger partial charge in [0.25, 0.3) is 0 Å². The van der Waals surface area contributed by atoms with Crippen LogP contribution in [0, 0.1) is 0 Å². The van der Waals surface area contributed by atoms with E-state index in [0.29, 0.717) is 0 Å². The van der Waals surface area contributed by atoms with Crippen molar-refractivity contribution >= 4 is 18.4 Å². The number of carbonyl (C=O) groups excluding carboxylic acids is 1. The zero-order valence-corrected chi connectivity index (χ0v) is 9.64. The summed E-state index contributed by atoms with van der Waals surface area (Å²) < 4.78 is 41.4. The minimum atomic E-state index is -4.48. The molecular formula is C10H11ClF3NO2. The highest BCUT2D eigenvalue weighted by molar-refractivity contribution is 5.85. The largest absolute Gasteiger partial charge is 0.427 e. The predicted octanol–water partition coefficient (Wildman–Crippen LogP) is 2.60. The van der Waals surface area contributed by atoms with E-state index in [1.54, 1.807) is 0 Å². The van der Waals surface area contributed by atoms with Gasteiger partial charge < -0.3 is 10.5 Å². The molecule has 0 aliphatic carbocycles. The van der Waals surface area contributed by atoms with Crippen molar-refractivity contribution in [3.8, 4) is 5.75 Å². The van der Waals surface area contributed by atoms with Crippen LogP contribution in [0.5, 0.6) is 5.75 Å². The highest BCUT2D eigenvalue weighted by Gasteiger charge is 2.37. The first-order valence-corrected chi connectivity index (χ1v) is 4.41. The second-order valence-corrected chi connectivity index (χ2v) is 3.18. The smallest absolute Gasteiger partial charge is 0.407 e. The molecule has 0 aliphatic rings. The van der Waals surface area contributed by atoms with Crippen molar-refractivity contribution in [3.05, 3.63) is 29.8 Å². The van der Waals surface area contributed by atoms with E-state index in [2.05, 4.69) is 4.74 Å². The molecule has 1 aromatic rings. The van der Waals surface area contributed by atoms with Crippen molar-refractivity contribution < 1.29 is 22.7 Å². The van der Waals surface area contributed by atoms with E-state index >= 15 is 0 Å². The van der Waals surface area contributed by atoms with Crippen LogP contribution in [0.25, 0.3) is 0 Å². The van der Waals surface area contributed by atoms with Crippen LogP contribution in [0.1, 0.15) is 18.5 Å². The van der Waals surface area contributed by atoms with E-state index in [0.717, 1.165) is 0 Å². The molecule has 96 valence electrons. The lowest BCUT2D eigenvalue weighted by Crippen LogP contribution is -2.28. The number of carbonyl (C=O) groups is 1. The maximum Gasteiger partial charge on any atom is 0.407 e. The number of esters is 1. The Morgan fingerprint density at radius 1 is 1.29 bits per heavy atom. The molecule has 0 bridgehead atoms. The molecule has 0 saturated carbocycles. The third-order valence-electron chi connectivity index (χ3n) is 1.85. The fourth-order valence-corrected chi connectivity index (χ4v) is 1.10. The van der Waals surface area contributed by atoms with Gasteiger partial charge >= 0.3 is 12.1 Å². The first kappa shape index (κ1) is 15.7. The average Bonchev–Trinajstić information content (AvgIpc) is 2.15. The quantitative estimate of drug-likeness (QED) is 0.663. The standard InChI is InChI=1S/C10H10F3NO2.ClH/c1-6(15)16-8-4-2-7(3-5-8)9(14)10(11,12)13;/h2-5,9H,14H2,1H3;1H/t9-;/m0./s1. The Morgan fingerprint density at radius 2 is 1.76 bits per heavy atom. The second-order valence-electron chi connectivity index (χ2n) is 3.18. The molecule has 3 nitrogen and oxygen atoms in total. The number of rotatable bonds is 2. The van der Waals surface area contributed by atoms with Gasteiger partial charge in [-0.2, -0.15) is 13.2 Å². The summed E-state index contributed by atoms with van der Waals surface area (Å²) in [6.07, 6.45) is -4.48. The molecule has 0 heterocycles. The predicted molar refractivity (Wildman–Crippen MR) is 58.0 cm³/mol. The van der Waals surface area contributed by atoms with Crippen molar-refractivity contribution in [3.63, 3.8) is 0 Å².